The molecule has 1 saturated heterocycles. The number of aromatic nitrogens is 4. The molecule has 0 spiro atoms. The highest BCUT2D eigenvalue weighted by atomic mass is 16.5. The van der Waals surface area contributed by atoms with Gasteiger partial charge >= 0.3 is 11.7 Å². The number of anilines is 1. The molecule has 1 fully saturated rings. The Morgan fingerprint density at radius 3 is 2.26 bits per heavy atom. The number of aromatic carboxylic acids is 1. The van der Waals surface area contributed by atoms with E-state index in [9.17, 15) is 9.59 Å². The van der Waals surface area contributed by atoms with Crippen LogP contribution >= 0.6 is 0 Å². The average Bonchev–Trinajstić information content (AvgIpc) is 3.25. The second kappa shape index (κ2) is 9.84. The lowest BCUT2D eigenvalue weighted by atomic mass is 9.97. The Bertz CT molecular complexity index is 1340. The number of hydrogen-bond donors (Lipinski definition) is 1. The van der Waals surface area contributed by atoms with Crippen LogP contribution in [-0.2, 0) is 6.54 Å². The topological polar surface area (TPSA) is 102 Å². The minimum absolute atomic E-state index is 0.0725. The van der Waals surface area contributed by atoms with Crippen LogP contribution < -0.4 is 15.3 Å². The molecule has 0 saturated carbocycles. The van der Waals surface area contributed by atoms with Gasteiger partial charge in [0.05, 0.1) is 11.3 Å². The molecule has 1 aliphatic heterocycles. The summed E-state index contributed by atoms with van der Waals surface area (Å²) in [4.78, 5) is 34.4. The van der Waals surface area contributed by atoms with Gasteiger partial charge in [-0.1, -0.05) is 18.2 Å². The molecular weight excluding hydrogens is 446 g/mol. The average molecular weight is 472 g/mol. The SMILES string of the molecule is O=C(O)c1cnc(N2CCC(Cn3ccn(-c4ccc(Oc5ccccc5)cc4)c3=O)CC2)nc1. The molecule has 2 aromatic carbocycles. The number of nitrogens with zero attached hydrogens (tertiary/aromatic N) is 5. The summed E-state index contributed by atoms with van der Waals surface area (Å²) in [7, 11) is 0. The molecule has 178 valence electrons. The van der Waals surface area contributed by atoms with Gasteiger partial charge in [-0.05, 0) is 55.2 Å². The summed E-state index contributed by atoms with van der Waals surface area (Å²) in [5.74, 6) is 1.33. The van der Waals surface area contributed by atoms with Crippen molar-refractivity contribution in [1.82, 2.24) is 19.1 Å². The Morgan fingerprint density at radius 1 is 0.943 bits per heavy atom. The highest BCUT2D eigenvalue weighted by Gasteiger charge is 2.22. The smallest absolute Gasteiger partial charge is 0.338 e. The molecule has 2 aromatic heterocycles. The van der Waals surface area contributed by atoms with Crippen molar-refractivity contribution in [3.05, 3.63) is 95.4 Å². The van der Waals surface area contributed by atoms with Gasteiger partial charge in [-0.3, -0.25) is 9.13 Å². The quantitative estimate of drug-likeness (QED) is 0.437. The molecule has 4 aromatic rings. The van der Waals surface area contributed by atoms with Crippen LogP contribution in [0.15, 0.2) is 84.2 Å². The maximum absolute atomic E-state index is 13.0. The lowest BCUT2D eigenvalue weighted by Gasteiger charge is -2.31. The first-order chi connectivity index (χ1) is 17.1. The first-order valence-electron chi connectivity index (χ1n) is 11.5. The van der Waals surface area contributed by atoms with E-state index in [1.165, 1.54) is 12.4 Å². The highest BCUT2D eigenvalue weighted by molar-refractivity contribution is 5.86. The standard InChI is InChI=1S/C26H25N5O4/c32-24(33)20-16-27-25(28-17-20)29-12-10-19(11-13-29)18-30-14-15-31(26(30)34)21-6-8-23(9-7-21)35-22-4-2-1-3-5-22/h1-9,14-17,19H,10-13,18H2,(H,32,33). The largest absolute Gasteiger partial charge is 0.478 e. The van der Waals surface area contributed by atoms with E-state index >= 15 is 0 Å². The molecule has 1 aliphatic rings. The monoisotopic (exact) mass is 471 g/mol. The number of hydrogen-bond acceptors (Lipinski definition) is 6. The van der Waals surface area contributed by atoms with Crippen molar-refractivity contribution in [2.75, 3.05) is 18.0 Å². The Hall–Kier alpha value is -4.40. The van der Waals surface area contributed by atoms with Crippen molar-refractivity contribution in [2.45, 2.75) is 19.4 Å². The summed E-state index contributed by atoms with van der Waals surface area (Å²) in [6.45, 7) is 2.17. The molecule has 0 unspecified atom stereocenters. The number of ether oxygens (including phenoxy) is 1. The van der Waals surface area contributed by atoms with E-state index in [4.69, 9.17) is 9.84 Å². The van der Waals surface area contributed by atoms with E-state index in [0.717, 1.165) is 37.4 Å². The summed E-state index contributed by atoms with van der Waals surface area (Å²) in [6, 6.07) is 17.0. The van der Waals surface area contributed by atoms with Crippen molar-refractivity contribution in [2.24, 2.45) is 5.92 Å². The van der Waals surface area contributed by atoms with Gasteiger partial charge in [0.25, 0.3) is 0 Å². The molecule has 0 atom stereocenters. The molecule has 1 N–H and O–H groups in total. The number of carboxylic acids is 1. The second-order valence-corrected chi connectivity index (χ2v) is 8.52. The zero-order valence-corrected chi connectivity index (χ0v) is 19.0. The van der Waals surface area contributed by atoms with Crippen LogP contribution in [-0.4, -0.2) is 43.3 Å². The lowest BCUT2D eigenvalue weighted by Crippen LogP contribution is -2.37. The number of rotatable bonds is 7. The summed E-state index contributed by atoms with van der Waals surface area (Å²) in [5.41, 5.74) is 0.786. The fourth-order valence-corrected chi connectivity index (χ4v) is 4.24. The fourth-order valence-electron chi connectivity index (χ4n) is 4.24. The Morgan fingerprint density at radius 2 is 1.60 bits per heavy atom. The number of carboxylic acid groups (broad SMARTS) is 1. The fraction of sp³-hybridized carbons (Fsp3) is 0.231. The molecular formula is C26H25N5O4. The van der Waals surface area contributed by atoms with Gasteiger partial charge in [0.15, 0.2) is 0 Å². The molecule has 0 aliphatic carbocycles. The summed E-state index contributed by atoms with van der Waals surface area (Å²) < 4.78 is 9.23. The minimum atomic E-state index is -1.04. The van der Waals surface area contributed by atoms with Crippen molar-refractivity contribution < 1.29 is 14.6 Å². The number of benzene rings is 2. The van der Waals surface area contributed by atoms with E-state index in [-0.39, 0.29) is 11.3 Å². The maximum atomic E-state index is 13.0. The second-order valence-electron chi connectivity index (χ2n) is 8.52. The number of carbonyl (C=O) groups is 1. The molecule has 5 rings (SSSR count). The summed E-state index contributed by atoms with van der Waals surface area (Å²) in [5, 5.41) is 9.00. The van der Waals surface area contributed by atoms with Crippen LogP contribution in [0.4, 0.5) is 5.95 Å². The minimum Gasteiger partial charge on any atom is -0.478 e. The van der Waals surface area contributed by atoms with E-state index in [2.05, 4.69) is 14.9 Å². The van der Waals surface area contributed by atoms with Crippen LogP contribution in [0.1, 0.15) is 23.2 Å². The normalized spacial score (nSPS) is 14.1. The molecule has 35 heavy (non-hydrogen) atoms. The van der Waals surface area contributed by atoms with Gasteiger partial charge in [0.1, 0.15) is 11.5 Å². The third kappa shape index (κ3) is 5.08. The first-order valence-corrected chi connectivity index (χ1v) is 11.5. The highest BCUT2D eigenvalue weighted by Crippen LogP contribution is 2.23. The molecule has 3 heterocycles. The van der Waals surface area contributed by atoms with Gasteiger partial charge in [-0.25, -0.2) is 19.6 Å². The van der Waals surface area contributed by atoms with Gasteiger partial charge in [-0.2, -0.15) is 0 Å². The predicted molar refractivity (Wildman–Crippen MR) is 130 cm³/mol. The molecule has 9 heteroatoms. The van der Waals surface area contributed by atoms with Crippen molar-refractivity contribution >= 4 is 11.9 Å². The Labute approximate surface area is 201 Å². The lowest BCUT2D eigenvalue weighted by molar-refractivity contribution is 0.0696. The third-order valence-corrected chi connectivity index (χ3v) is 6.18. The summed E-state index contributed by atoms with van der Waals surface area (Å²) in [6.07, 6.45) is 8.08. The van der Waals surface area contributed by atoms with Gasteiger partial charge < -0.3 is 14.7 Å². The molecule has 0 amide bonds. The molecule has 0 radical (unpaired) electrons. The molecule has 0 bridgehead atoms. The van der Waals surface area contributed by atoms with Gasteiger partial charge in [0, 0.05) is 44.4 Å². The zero-order chi connectivity index (χ0) is 24.2. The van der Waals surface area contributed by atoms with Crippen molar-refractivity contribution in [3.8, 4) is 17.2 Å². The molecule has 9 nitrogen and oxygen atoms in total. The summed E-state index contributed by atoms with van der Waals surface area (Å²) >= 11 is 0. The van der Waals surface area contributed by atoms with Crippen LogP contribution in [0.3, 0.4) is 0 Å². The van der Waals surface area contributed by atoms with Crippen LogP contribution in [0.25, 0.3) is 5.69 Å². The van der Waals surface area contributed by atoms with E-state index in [1.54, 1.807) is 15.3 Å². The van der Waals surface area contributed by atoms with E-state index < -0.39 is 5.97 Å². The predicted octanol–water partition coefficient (Wildman–Crippen LogP) is 3.84. The van der Waals surface area contributed by atoms with Crippen LogP contribution in [0, 0.1) is 5.92 Å². The van der Waals surface area contributed by atoms with E-state index in [0.29, 0.717) is 24.2 Å². The maximum Gasteiger partial charge on any atom is 0.338 e. The Kier molecular flexibility index (Phi) is 6.30. The first kappa shape index (κ1) is 22.4. The number of piperidine rings is 1. The van der Waals surface area contributed by atoms with Crippen LogP contribution in [0.5, 0.6) is 11.5 Å². The van der Waals surface area contributed by atoms with Crippen molar-refractivity contribution in [3.63, 3.8) is 0 Å². The Balaban J connectivity index is 1.19. The number of imidazole rings is 1. The van der Waals surface area contributed by atoms with Crippen LogP contribution in [0.2, 0.25) is 0 Å². The number of para-hydroxylation sites is 1. The van der Waals surface area contributed by atoms with Gasteiger partial charge in [-0.15, -0.1) is 0 Å². The van der Waals surface area contributed by atoms with Crippen molar-refractivity contribution in [1.29, 1.82) is 0 Å². The van der Waals surface area contributed by atoms with Gasteiger partial charge in [0.2, 0.25) is 5.95 Å². The van der Waals surface area contributed by atoms with E-state index in [1.807, 2.05) is 60.8 Å². The third-order valence-electron chi connectivity index (χ3n) is 6.18. The zero-order valence-electron chi connectivity index (χ0n) is 19.0.